The zero-order valence-electron chi connectivity index (χ0n) is 19.8. The van der Waals surface area contributed by atoms with Crippen LogP contribution in [-0.4, -0.2) is 34.7 Å². The fourth-order valence-electron chi connectivity index (χ4n) is 5.12. The molecular weight excluding hydrogens is 420 g/mol. The van der Waals surface area contributed by atoms with E-state index in [9.17, 15) is 14.9 Å². The number of carbonyl (C=O) groups is 1. The maximum atomic E-state index is 12.9. The lowest BCUT2D eigenvalue weighted by Gasteiger charge is -2.38. The van der Waals surface area contributed by atoms with E-state index in [-0.39, 0.29) is 22.1 Å². The summed E-state index contributed by atoms with van der Waals surface area (Å²) >= 11 is 0. The predicted octanol–water partition coefficient (Wildman–Crippen LogP) is 5.59. The zero-order chi connectivity index (χ0) is 23.8. The molecule has 1 saturated carbocycles. The number of nitrogens with one attached hydrogen (secondary N) is 1. The van der Waals surface area contributed by atoms with Gasteiger partial charge in [-0.3, -0.25) is 15.0 Å². The highest BCUT2D eigenvalue weighted by molar-refractivity contribution is 5.91. The van der Waals surface area contributed by atoms with Crippen molar-refractivity contribution >= 4 is 23.3 Å². The van der Waals surface area contributed by atoms with Crippen LogP contribution in [0, 0.1) is 23.0 Å². The van der Waals surface area contributed by atoms with E-state index in [1.165, 1.54) is 5.56 Å². The van der Waals surface area contributed by atoms with E-state index in [0.717, 1.165) is 31.4 Å². The minimum atomic E-state index is -0.544. The van der Waals surface area contributed by atoms with Crippen LogP contribution in [0.4, 0.5) is 22.0 Å². The number of fused-ring (bicyclic) bond motifs is 2. The van der Waals surface area contributed by atoms with Gasteiger partial charge in [-0.15, -0.1) is 0 Å². The number of hydrogen-bond donors (Lipinski definition) is 1. The highest BCUT2D eigenvalue weighted by Gasteiger charge is 2.47. The van der Waals surface area contributed by atoms with Crippen LogP contribution in [0.3, 0.4) is 0 Å². The van der Waals surface area contributed by atoms with E-state index >= 15 is 0 Å². The van der Waals surface area contributed by atoms with Crippen molar-refractivity contribution in [1.82, 2.24) is 4.98 Å². The van der Waals surface area contributed by atoms with Crippen LogP contribution < -0.4 is 10.2 Å². The summed E-state index contributed by atoms with van der Waals surface area (Å²) in [5, 5.41) is 14.7. The maximum Gasteiger partial charge on any atom is 0.414 e. The SMILES string of the molecule is Cc1ccnc(NCC2CCC3(CC2)CN(C(=O)OC(C)(C)C)c2ccccc23)c1[N+](=O)[O-]. The number of hydrogen-bond acceptors (Lipinski definition) is 6. The van der Waals surface area contributed by atoms with Crippen LogP contribution in [0.2, 0.25) is 0 Å². The Morgan fingerprint density at radius 2 is 1.97 bits per heavy atom. The first kappa shape index (κ1) is 23.0. The largest absolute Gasteiger partial charge is 0.443 e. The van der Waals surface area contributed by atoms with Crippen molar-refractivity contribution < 1.29 is 14.5 Å². The molecule has 1 aromatic carbocycles. The molecule has 1 aromatic heterocycles. The standard InChI is InChI=1S/C25H32N4O4/c1-17-11-14-26-22(21(17)29(31)32)27-15-18-9-12-25(13-10-18)16-28(23(30)33-24(2,3)4)20-8-6-5-7-19(20)25/h5-8,11,14,18H,9-10,12-13,15-16H2,1-4H3,(H,26,27). The number of ether oxygens (including phenoxy) is 1. The molecule has 0 unspecified atom stereocenters. The first-order chi connectivity index (χ1) is 15.6. The Morgan fingerprint density at radius 1 is 1.27 bits per heavy atom. The lowest BCUT2D eigenvalue weighted by molar-refractivity contribution is -0.384. The lowest BCUT2D eigenvalue weighted by atomic mass is 9.67. The Kier molecular flexibility index (Phi) is 6.03. The van der Waals surface area contributed by atoms with Crippen molar-refractivity contribution in [3.05, 3.63) is 57.8 Å². The molecule has 1 fully saturated rings. The number of para-hydroxylation sites is 1. The second kappa shape index (κ2) is 8.65. The minimum Gasteiger partial charge on any atom is -0.443 e. The first-order valence-electron chi connectivity index (χ1n) is 11.5. The van der Waals surface area contributed by atoms with Crippen molar-refractivity contribution in [2.45, 2.75) is 64.4 Å². The number of anilines is 2. The van der Waals surface area contributed by atoms with Gasteiger partial charge in [0.25, 0.3) is 0 Å². The summed E-state index contributed by atoms with van der Waals surface area (Å²) in [5.74, 6) is 0.725. The third kappa shape index (κ3) is 4.65. The fourth-order valence-corrected chi connectivity index (χ4v) is 5.12. The first-order valence-corrected chi connectivity index (χ1v) is 11.5. The van der Waals surface area contributed by atoms with Crippen molar-refractivity contribution in [3.63, 3.8) is 0 Å². The van der Waals surface area contributed by atoms with Crippen LogP contribution in [0.15, 0.2) is 36.5 Å². The van der Waals surface area contributed by atoms with Crippen LogP contribution in [-0.2, 0) is 10.2 Å². The van der Waals surface area contributed by atoms with Crippen molar-refractivity contribution in [3.8, 4) is 0 Å². The van der Waals surface area contributed by atoms with Gasteiger partial charge in [0, 0.05) is 30.3 Å². The van der Waals surface area contributed by atoms with Crippen LogP contribution >= 0.6 is 0 Å². The molecule has 8 nitrogen and oxygen atoms in total. The summed E-state index contributed by atoms with van der Waals surface area (Å²) in [6, 6.07) is 9.80. The van der Waals surface area contributed by atoms with Crippen molar-refractivity contribution in [2.24, 2.45) is 5.92 Å². The number of benzene rings is 1. The van der Waals surface area contributed by atoms with Gasteiger partial charge in [0.2, 0.25) is 5.82 Å². The van der Waals surface area contributed by atoms with E-state index in [1.807, 2.05) is 39.0 Å². The van der Waals surface area contributed by atoms with Gasteiger partial charge in [0.1, 0.15) is 5.60 Å². The molecule has 33 heavy (non-hydrogen) atoms. The van der Waals surface area contributed by atoms with Gasteiger partial charge in [0.15, 0.2) is 0 Å². The molecule has 8 heteroatoms. The molecule has 2 aliphatic rings. The van der Waals surface area contributed by atoms with E-state index < -0.39 is 5.60 Å². The molecule has 1 aliphatic carbocycles. The highest BCUT2D eigenvalue weighted by atomic mass is 16.6. The van der Waals surface area contributed by atoms with Crippen LogP contribution in [0.25, 0.3) is 0 Å². The Labute approximate surface area is 194 Å². The summed E-state index contributed by atoms with van der Waals surface area (Å²) in [5.41, 5.74) is 2.20. The summed E-state index contributed by atoms with van der Waals surface area (Å²) < 4.78 is 5.68. The van der Waals surface area contributed by atoms with Gasteiger partial charge in [-0.25, -0.2) is 9.78 Å². The average Bonchev–Trinajstić information content (AvgIpc) is 3.06. The maximum absolute atomic E-state index is 12.9. The molecule has 0 radical (unpaired) electrons. The summed E-state index contributed by atoms with van der Waals surface area (Å²) in [4.78, 5) is 30.0. The Morgan fingerprint density at radius 3 is 2.64 bits per heavy atom. The van der Waals surface area contributed by atoms with Gasteiger partial charge >= 0.3 is 11.8 Å². The Bertz CT molecular complexity index is 1050. The van der Waals surface area contributed by atoms with Gasteiger partial charge in [0.05, 0.1) is 10.6 Å². The number of rotatable bonds is 4. The van der Waals surface area contributed by atoms with Gasteiger partial charge in [-0.1, -0.05) is 18.2 Å². The van der Waals surface area contributed by atoms with Crippen molar-refractivity contribution in [1.29, 1.82) is 0 Å². The van der Waals surface area contributed by atoms with E-state index in [4.69, 9.17) is 4.74 Å². The molecular formula is C25H32N4O4. The topological polar surface area (TPSA) is 97.6 Å². The lowest BCUT2D eigenvalue weighted by Crippen LogP contribution is -2.42. The predicted molar refractivity (Wildman–Crippen MR) is 128 cm³/mol. The van der Waals surface area contributed by atoms with Gasteiger partial charge in [-0.2, -0.15) is 0 Å². The number of pyridine rings is 1. The van der Waals surface area contributed by atoms with Gasteiger partial charge in [-0.05, 0) is 77.0 Å². The number of nitrogens with zero attached hydrogens (tertiary/aromatic N) is 3. The molecule has 1 N–H and O–H groups in total. The number of nitro groups is 1. The van der Waals surface area contributed by atoms with E-state index in [2.05, 4.69) is 16.4 Å². The smallest absolute Gasteiger partial charge is 0.414 e. The monoisotopic (exact) mass is 452 g/mol. The minimum absolute atomic E-state index is 0.0440. The van der Waals surface area contributed by atoms with E-state index in [0.29, 0.717) is 30.4 Å². The highest BCUT2D eigenvalue weighted by Crippen LogP contribution is 2.50. The number of carbonyl (C=O) groups excluding carboxylic acids is 1. The number of aromatic nitrogens is 1. The third-order valence-corrected chi connectivity index (χ3v) is 6.77. The fraction of sp³-hybridized carbons (Fsp3) is 0.520. The third-order valence-electron chi connectivity index (χ3n) is 6.77. The molecule has 1 amide bonds. The molecule has 1 aliphatic heterocycles. The average molecular weight is 453 g/mol. The molecule has 1 spiro atoms. The molecule has 0 saturated heterocycles. The van der Waals surface area contributed by atoms with E-state index in [1.54, 1.807) is 24.1 Å². The molecule has 4 rings (SSSR count). The summed E-state index contributed by atoms with van der Waals surface area (Å²) in [7, 11) is 0. The normalized spacial score (nSPS) is 22.2. The number of amides is 1. The summed E-state index contributed by atoms with van der Waals surface area (Å²) in [6.45, 7) is 8.65. The quantitative estimate of drug-likeness (QED) is 0.479. The molecule has 176 valence electrons. The van der Waals surface area contributed by atoms with Crippen molar-refractivity contribution in [2.75, 3.05) is 23.3 Å². The Balaban J connectivity index is 1.44. The second-order valence-electron chi connectivity index (χ2n) is 10.3. The zero-order valence-corrected chi connectivity index (χ0v) is 19.8. The molecule has 2 heterocycles. The summed E-state index contributed by atoms with van der Waals surface area (Å²) in [6.07, 6.45) is 5.17. The van der Waals surface area contributed by atoms with Gasteiger partial charge < -0.3 is 10.1 Å². The molecule has 0 atom stereocenters. The van der Waals surface area contributed by atoms with Crippen LogP contribution in [0.1, 0.15) is 57.6 Å². The second-order valence-corrected chi connectivity index (χ2v) is 10.3. The Hall–Kier alpha value is -3.16. The molecule has 2 aromatic rings. The number of aryl methyl sites for hydroxylation is 1. The van der Waals surface area contributed by atoms with Crippen LogP contribution in [0.5, 0.6) is 0 Å². The molecule has 0 bridgehead atoms.